The third-order valence-corrected chi connectivity index (χ3v) is 5.49. The predicted molar refractivity (Wildman–Crippen MR) is 127 cm³/mol. The lowest BCUT2D eigenvalue weighted by Crippen LogP contribution is -2.33. The van der Waals surface area contributed by atoms with E-state index in [1.165, 1.54) is 22.5 Å². The Balaban J connectivity index is 1.75. The summed E-state index contributed by atoms with van der Waals surface area (Å²) in [5.41, 5.74) is 3.12. The van der Waals surface area contributed by atoms with Gasteiger partial charge in [0.2, 0.25) is 11.7 Å². The van der Waals surface area contributed by atoms with Gasteiger partial charge in [-0.15, -0.1) is 0 Å². The second kappa shape index (κ2) is 10.2. The fraction of sp³-hybridized carbons (Fsp3) is 0.320. The van der Waals surface area contributed by atoms with Gasteiger partial charge in [-0.3, -0.25) is 4.79 Å². The van der Waals surface area contributed by atoms with Crippen LogP contribution in [-0.2, 0) is 11.8 Å². The standard InChI is InChI=1S/C25H31N3O4/c1-27(2)21(19-16-28(3)20-10-8-7-9-18(19)20)15-26-24(29)12-11-17-13-22(30-4)25(32-6)23(14-17)31-5/h7-14,16,21H,15H2,1-6H3,(H,26,29)/b12-11+. The summed E-state index contributed by atoms with van der Waals surface area (Å²) in [6.45, 7) is 0.486. The molecule has 3 aromatic rings. The zero-order valence-electron chi connectivity index (χ0n) is 19.5. The van der Waals surface area contributed by atoms with Crippen LogP contribution in [0.2, 0.25) is 0 Å². The van der Waals surface area contributed by atoms with Crippen LogP contribution in [0.4, 0.5) is 0 Å². The first kappa shape index (κ1) is 23.2. The molecule has 0 aliphatic heterocycles. The molecule has 1 heterocycles. The molecule has 0 aliphatic rings. The number of amides is 1. The molecular formula is C25H31N3O4. The molecule has 3 rings (SSSR count). The molecule has 2 aromatic carbocycles. The van der Waals surface area contributed by atoms with Crippen molar-refractivity contribution in [2.45, 2.75) is 6.04 Å². The minimum Gasteiger partial charge on any atom is -0.493 e. The van der Waals surface area contributed by atoms with Crippen molar-refractivity contribution in [2.75, 3.05) is 42.0 Å². The Morgan fingerprint density at radius 1 is 1.09 bits per heavy atom. The van der Waals surface area contributed by atoms with E-state index in [4.69, 9.17) is 14.2 Å². The maximum absolute atomic E-state index is 12.6. The molecule has 7 nitrogen and oxygen atoms in total. The minimum absolute atomic E-state index is 0.0413. The highest BCUT2D eigenvalue weighted by Gasteiger charge is 2.19. The summed E-state index contributed by atoms with van der Waals surface area (Å²) in [5.74, 6) is 1.41. The number of nitrogens with one attached hydrogen (secondary N) is 1. The molecule has 1 unspecified atom stereocenters. The highest BCUT2D eigenvalue weighted by atomic mass is 16.5. The number of para-hydroxylation sites is 1. The fourth-order valence-corrected chi connectivity index (χ4v) is 3.83. The molecule has 0 fully saturated rings. The molecule has 32 heavy (non-hydrogen) atoms. The second-order valence-electron chi connectivity index (χ2n) is 7.73. The number of hydrogen-bond acceptors (Lipinski definition) is 5. The third-order valence-electron chi connectivity index (χ3n) is 5.49. The van der Waals surface area contributed by atoms with Crippen LogP contribution in [0.3, 0.4) is 0 Å². The van der Waals surface area contributed by atoms with Gasteiger partial charge in [0, 0.05) is 36.8 Å². The Morgan fingerprint density at radius 2 is 1.75 bits per heavy atom. The Kier molecular flexibility index (Phi) is 7.43. The minimum atomic E-state index is -0.175. The van der Waals surface area contributed by atoms with Crippen molar-refractivity contribution in [3.05, 3.63) is 59.8 Å². The lowest BCUT2D eigenvalue weighted by molar-refractivity contribution is -0.116. The molecule has 0 spiro atoms. The van der Waals surface area contributed by atoms with Gasteiger partial charge in [-0.1, -0.05) is 18.2 Å². The zero-order chi connectivity index (χ0) is 23.3. The van der Waals surface area contributed by atoms with Gasteiger partial charge in [0.25, 0.3) is 0 Å². The number of hydrogen-bond donors (Lipinski definition) is 1. The first-order valence-electron chi connectivity index (χ1n) is 10.4. The maximum atomic E-state index is 12.6. The van der Waals surface area contributed by atoms with Gasteiger partial charge >= 0.3 is 0 Å². The number of nitrogens with zero attached hydrogens (tertiary/aromatic N) is 2. The molecule has 0 bridgehead atoms. The van der Waals surface area contributed by atoms with Crippen molar-refractivity contribution < 1.29 is 19.0 Å². The van der Waals surface area contributed by atoms with Crippen LogP contribution in [0.15, 0.2) is 48.7 Å². The maximum Gasteiger partial charge on any atom is 0.244 e. The smallest absolute Gasteiger partial charge is 0.244 e. The van der Waals surface area contributed by atoms with E-state index >= 15 is 0 Å². The van der Waals surface area contributed by atoms with E-state index < -0.39 is 0 Å². The van der Waals surface area contributed by atoms with Gasteiger partial charge in [0.15, 0.2) is 11.5 Å². The van der Waals surface area contributed by atoms with E-state index in [1.807, 2.05) is 33.3 Å². The SMILES string of the molecule is COc1cc(/C=C/C(=O)NCC(c2cn(C)c3ccccc23)N(C)C)cc(OC)c1OC. The average Bonchev–Trinajstić information content (AvgIpc) is 3.13. The predicted octanol–water partition coefficient (Wildman–Crippen LogP) is 3.64. The normalized spacial score (nSPS) is 12.3. The molecule has 0 saturated carbocycles. The van der Waals surface area contributed by atoms with Crippen molar-refractivity contribution in [3.8, 4) is 17.2 Å². The molecule has 1 aromatic heterocycles. The summed E-state index contributed by atoms with van der Waals surface area (Å²) in [6.07, 6.45) is 5.37. The van der Waals surface area contributed by atoms with Gasteiger partial charge in [-0.25, -0.2) is 0 Å². The summed E-state index contributed by atoms with van der Waals surface area (Å²) >= 11 is 0. The van der Waals surface area contributed by atoms with Crippen LogP contribution in [-0.4, -0.2) is 57.3 Å². The van der Waals surface area contributed by atoms with Crippen LogP contribution in [0.5, 0.6) is 17.2 Å². The van der Waals surface area contributed by atoms with E-state index in [0.29, 0.717) is 23.8 Å². The molecule has 7 heteroatoms. The molecular weight excluding hydrogens is 406 g/mol. The number of methoxy groups -OCH3 is 3. The lowest BCUT2D eigenvalue weighted by Gasteiger charge is -2.24. The number of aromatic nitrogens is 1. The Labute approximate surface area is 189 Å². The van der Waals surface area contributed by atoms with Gasteiger partial charge in [0.1, 0.15) is 0 Å². The monoisotopic (exact) mass is 437 g/mol. The molecule has 0 radical (unpaired) electrons. The third kappa shape index (κ3) is 4.89. The van der Waals surface area contributed by atoms with E-state index in [0.717, 1.165) is 5.56 Å². The van der Waals surface area contributed by atoms with Crippen LogP contribution in [0.25, 0.3) is 17.0 Å². The van der Waals surface area contributed by atoms with Crippen LogP contribution in [0.1, 0.15) is 17.2 Å². The lowest BCUT2D eigenvalue weighted by atomic mass is 10.0. The number of fused-ring (bicyclic) bond motifs is 1. The van der Waals surface area contributed by atoms with Crippen molar-refractivity contribution >= 4 is 22.9 Å². The molecule has 0 aliphatic carbocycles. The van der Waals surface area contributed by atoms with Crippen molar-refractivity contribution in [3.63, 3.8) is 0 Å². The van der Waals surface area contributed by atoms with Crippen molar-refractivity contribution in [1.82, 2.24) is 14.8 Å². The Hall–Kier alpha value is -3.45. The second-order valence-corrected chi connectivity index (χ2v) is 7.73. The van der Waals surface area contributed by atoms with E-state index in [-0.39, 0.29) is 11.9 Å². The highest BCUT2D eigenvalue weighted by molar-refractivity contribution is 5.92. The van der Waals surface area contributed by atoms with Crippen molar-refractivity contribution in [1.29, 1.82) is 0 Å². The average molecular weight is 438 g/mol. The molecule has 1 atom stereocenters. The van der Waals surface area contributed by atoms with Crippen LogP contribution in [0, 0.1) is 0 Å². The summed E-state index contributed by atoms with van der Waals surface area (Å²) < 4.78 is 18.2. The molecule has 0 saturated heterocycles. The quantitative estimate of drug-likeness (QED) is 0.518. The zero-order valence-corrected chi connectivity index (χ0v) is 19.5. The van der Waals surface area contributed by atoms with Gasteiger partial charge in [-0.05, 0) is 49.5 Å². The summed E-state index contributed by atoms with van der Waals surface area (Å²) in [4.78, 5) is 14.7. The number of aryl methyl sites for hydroxylation is 1. The number of carbonyl (C=O) groups is 1. The van der Waals surface area contributed by atoms with E-state index in [2.05, 4.69) is 33.1 Å². The number of likely N-dealkylation sites (N-methyl/N-ethyl adjacent to an activating group) is 1. The van der Waals surface area contributed by atoms with Gasteiger partial charge in [0.05, 0.1) is 27.4 Å². The topological polar surface area (TPSA) is 65.0 Å². The Morgan fingerprint density at radius 3 is 2.34 bits per heavy atom. The van der Waals surface area contributed by atoms with Crippen LogP contribution >= 0.6 is 0 Å². The summed E-state index contributed by atoms with van der Waals surface area (Å²) in [6, 6.07) is 11.9. The van der Waals surface area contributed by atoms with Gasteiger partial charge in [-0.2, -0.15) is 0 Å². The molecule has 1 amide bonds. The molecule has 170 valence electrons. The van der Waals surface area contributed by atoms with Gasteiger partial charge < -0.3 is 29.0 Å². The van der Waals surface area contributed by atoms with E-state index in [1.54, 1.807) is 39.5 Å². The first-order valence-corrected chi connectivity index (χ1v) is 10.4. The fourth-order valence-electron chi connectivity index (χ4n) is 3.83. The number of rotatable bonds is 9. The van der Waals surface area contributed by atoms with E-state index in [9.17, 15) is 4.79 Å². The summed E-state index contributed by atoms with van der Waals surface area (Å²) in [7, 11) is 10.8. The number of carbonyl (C=O) groups excluding carboxylic acids is 1. The number of ether oxygens (including phenoxy) is 3. The first-order chi connectivity index (χ1) is 15.4. The highest BCUT2D eigenvalue weighted by Crippen LogP contribution is 2.38. The molecule has 1 N–H and O–H groups in total. The van der Waals surface area contributed by atoms with Crippen molar-refractivity contribution in [2.24, 2.45) is 7.05 Å². The number of benzene rings is 2. The van der Waals surface area contributed by atoms with Crippen LogP contribution < -0.4 is 19.5 Å². The Bertz CT molecular complexity index is 1090. The largest absolute Gasteiger partial charge is 0.493 e. The summed E-state index contributed by atoms with van der Waals surface area (Å²) in [5, 5.41) is 4.21.